The van der Waals surface area contributed by atoms with Gasteiger partial charge in [-0.05, 0) is 49.2 Å². The molecule has 3 aromatic rings. The Balaban J connectivity index is 1.80. The van der Waals surface area contributed by atoms with Gasteiger partial charge in [0.1, 0.15) is 0 Å². The molecule has 0 radical (unpaired) electrons. The van der Waals surface area contributed by atoms with E-state index in [2.05, 4.69) is 0 Å². The molecule has 1 aromatic heterocycles. The van der Waals surface area contributed by atoms with Gasteiger partial charge in [-0.25, -0.2) is 0 Å². The zero-order chi connectivity index (χ0) is 25.7. The standard InChI is InChI=1S/C27H28N4O4/c1-17-26(14-22-9-11-24(12-10-22)31(20(4)34)21(5)35)28-18(2)27(29-17)15-23-7-6-8-25(13-23)30(16-32)19(3)33/h6-13,16H,14-15H2,1-5H3. The van der Waals surface area contributed by atoms with E-state index >= 15 is 0 Å². The van der Waals surface area contributed by atoms with Crippen LogP contribution in [0.4, 0.5) is 11.4 Å². The minimum absolute atomic E-state index is 0.330. The van der Waals surface area contributed by atoms with E-state index in [-0.39, 0.29) is 17.7 Å². The molecule has 0 bridgehead atoms. The topological polar surface area (TPSA) is 101 Å². The third-order valence-corrected chi connectivity index (χ3v) is 5.64. The summed E-state index contributed by atoms with van der Waals surface area (Å²) in [6.07, 6.45) is 1.58. The van der Waals surface area contributed by atoms with Crippen molar-refractivity contribution < 1.29 is 19.2 Å². The molecule has 35 heavy (non-hydrogen) atoms. The van der Waals surface area contributed by atoms with Crippen molar-refractivity contribution >= 4 is 35.5 Å². The van der Waals surface area contributed by atoms with Gasteiger partial charge in [0.25, 0.3) is 0 Å². The molecule has 0 fully saturated rings. The van der Waals surface area contributed by atoms with Crippen LogP contribution >= 0.6 is 0 Å². The predicted molar refractivity (Wildman–Crippen MR) is 133 cm³/mol. The van der Waals surface area contributed by atoms with E-state index in [1.807, 2.05) is 32.0 Å². The highest BCUT2D eigenvalue weighted by molar-refractivity contribution is 6.13. The van der Waals surface area contributed by atoms with E-state index in [9.17, 15) is 19.2 Å². The zero-order valence-electron chi connectivity index (χ0n) is 20.5. The van der Waals surface area contributed by atoms with Crippen molar-refractivity contribution in [1.29, 1.82) is 0 Å². The lowest BCUT2D eigenvalue weighted by atomic mass is 10.0. The van der Waals surface area contributed by atoms with Gasteiger partial charge >= 0.3 is 0 Å². The molecule has 0 saturated heterocycles. The van der Waals surface area contributed by atoms with Crippen LogP contribution in [-0.4, -0.2) is 34.1 Å². The molecule has 4 amide bonds. The van der Waals surface area contributed by atoms with Crippen molar-refractivity contribution in [3.63, 3.8) is 0 Å². The van der Waals surface area contributed by atoms with Gasteiger partial charge in [0.05, 0.1) is 34.2 Å². The van der Waals surface area contributed by atoms with Crippen molar-refractivity contribution in [2.45, 2.75) is 47.5 Å². The monoisotopic (exact) mass is 472 g/mol. The molecule has 0 atom stereocenters. The van der Waals surface area contributed by atoms with E-state index in [1.165, 1.54) is 20.8 Å². The molecule has 0 saturated carbocycles. The zero-order valence-corrected chi connectivity index (χ0v) is 20.5. The number of rotatable bonds is 7. The van der Waals surface area contributed by atoms with Gasteiger partial charge in [0.2, 0.25) is 24.1 Å². The Kier molecular flexibility index (Phi) is 7.86. The highest BCUT2D eigenvalue weighted by atomic mass is 16.2. The molecule has 8 nitrogen and oxygen atoms in total. The van der Waals surface area contributed by atoms with Crippen molar-refractivity contribution in [2.75, 3.05) is 9.80 Å². The number of amides is 4. The summed E-state index contributed by atoms with van der Waals surface area (Å²) in [5.74, 6) is -1.01. The molecule has 2 aromatic carbocycles. The van der Waals surface area contributed by atoms with Gasteiger partial charge in [0.15, 0.2) is 0 Å². The van der Waals surface area contributed by atoms with Crippen molar-refractivity contribution in [3.05, 3.63) is 82.4 Å². The second-order valence-corrected chi connectivity index (χ2v) is 8.35. The Labute approximate surface area is 204 Å². The van der Waals surface area contributed by atoms with Gasteiger partial charge in [-0.1, -0.05) is 24.3 Å². The van der Waals surface area contributed by atoms with E-state index in [0.717, 1.165) is 43.7 Å². The van der Waals surface area contributed by atoms with E-state index in [1.54, 1.807) is 30.3 Å². The lowest BCUT2D eigenvalue weighted by molar-refractivity contribution is -0.124. The number of aromatic nitrogens is 2. The SMILES string of the molecule is CC(=O)N(C=O)c1cccc(Cc2nc(C)c(Cc3ccc(N(C(C)=O)C(C)=O)cc3)nc2C)c1. The quantitative estimate of drug-likeness (QED) is 0.486. The third kappa shape index (κ3) is 6.03. The third-order valence-electron chi connectivity index (χ3n) is 5.64. The normalized spacial score (nSPS) is 10.5. The highest BCUT2D eigenvalue weighted by Gasteiger charge is 2.17. The van der Waals surface area contributed by atoms with Crippen molar-refractivity contribution in [3.8, 4) is 0 Å². The first-order valence-electron chi connectivity index (χ1n) is 11.2. The highest BCUT2D eigenvalue weighted by Crippen LogP contribution is 2.21. The number of benzene rings is 2. The smallest absolute Gasteiger partial charge is 0.230 e. The first-order valence-corrected chi connectivity index (χ1v) is 11.2. The van der Waals surface area contributed by atoms with Crippen LogP contribution in [0.2, 0.25) is 0 Å². The first kappa shape index (κ1) is 25.4. The van der Waals surface area contributed by atoms with Crippen LogP contribution in [0, 0.1) is 13.8 Å². The van der Waals surface area contributed by atoms with E-state index in [4.69, 9.17) is 9.97 Å². The average molecular weight is 473 g/mol. The van der Waals surface area contributed by atoms with Gasteiger partial charge < -0.3 is 0 Å². The summed E-state index contributed by atoms with van der Waals surface area (Å²) in [6, 6.07) is 14.5. The van der Waals surface area contributed by atoms with Gasteiger partial charge in [-0.3, -0.25) is 38.9 Å². The maximum Gasteiger partial charge on any atom is 0.230 e. The largest absolute Gasteiger partial charge is 0.278 e. The van der Waals surface area contributed by atoms with Gasteiger partial charge in [-0.15, -0.1) is 0 Å². The minimum atomic E-state index is -0.350. The molecule has 0 spiro atoms. The maximum atomic E-state index is 11.8. The predicted octanol–water partition coefficient (Wildman–Crippen LogP) is 3.68. The summed E-state index contributed by atoms with van der Waals surface area (Å²) in [5, 5.41) is 0. The number of hydrogen-bond donors (Lipinski definition) is 0. The second-order valence-electron chi connectivity index (χ2n) is 8.35. The molecule has 1 heterocycles. The number of aryl methyl sites for hydroxylation is 2. The number of carbonyl (C=O) groups excluding carboxylic acids is 4. The Morgan fingerprint density at radius 1 is 0.743 bits per heavy atom. The molecule has 0 N–H and O–H groups in total. The fraction of sp³-hybridized carbons (Fsp3) is 0.259. The average Bonchev–Trinajstić information content (AvgIpc) is 2.78. The summed E-state index contributed by atoms with van der Waals surface area (Å²) >= 11 is 0. The van der Waals surface area contributed by atoms with Crippen LogP contribution in [0.15, 0.2) is 48.5 Å². The second kappa shape index (κ2) is 10.8. The molecule has 0 aliphatic carbocycles. The molecule has 180 valence electrons. The lowest BCUT2D eigenvalue weighted by Crippen LogP contribution is -2.32. The number of carbonyl (C=O) groups is 4. The number of anilines is 2. The summed E-state index contributed by atoms with van der Waals surface area (Å²) in [4.78, 5) is 58.2. The summed E-state index contributed by atoms with van der Waals surface area (Å²) in [6.45, 7) is 7.87. The lowest BCUT2D eigenvalue weighted by Gasteiger charge is -2.17. The molecule has 3 rings (SSSR count). The van der Waals surface area contributed by atoms with Crippen LogP contribution in [0.25, 0.3) is 0 Å². The van der Waals surface area contributed by atoms with E-state index in [0.29, 0.717) is 30.6 Å². The number of imide groups is 2. The van der Waals surface area contributed by atoms with Crippen LogP contribution in [0.5, 0.6) is 0 Å². The van der Waals surface area contributed by atoms with Crippen LogP contribution < -0.4 is 9.80 Å². The van der Waals surface area contributed by atoms with Crippen molar-refractivity contribution in [2.24, 2.45) is 0 Å². The summed E-state index contributed by atoms with van der Waals surface area (Å²) in [5.41, 5.74) is 6.20. The Bertz CT molecular complexity index is 1270. The fourth-order valence-electron chi connectivity index (χ4n) is 3.90. The molecule has 0 aliphatic heterocycles. The van der Waals surface area contributed by atoms with E-state index < -0.39 is 0 Å². The Morgan fingerprint density at radius 2 is 1.29 bits per heavy atom. The molecule has 0 aliphatic rings. The van der Waals surface area contributed by atoms with Crippen LogP contribution in [0.3, 0.4) is 0 Å². The Hall–Kier alpha value is -4.20. The van der Waals surface area contributed by atoms with Crippen molar-refractivity contribution in [1.82, 2.24) is 9.97 Å². The van der Waals surface area contributed by atoms with Crippen LogP contribution in [0.1, 0.15) is 54.7 Å². The number of hydrogen-bond acceptors (Lipinski definition) is 6. The molecular weight excluding hydrogens is 444 g/mol. The summed E-state index contributed by atoms with van der Waals surface area (Å²) in [7, 11) is 0. The summed E-state index contributed by atoms with van der Waals surface area (Å²) < 4.78 is 0. The Morgan fingerprint density at radius 3 is 1.77 bits per heavy atom. The van der Waals surface area contributed by atoms with Gasteiger partial charge in [0, 0.05) is 33.6 Å². The number of nitrogens with zero attached hydrogens (tertiary/aromatic N) is 4. The fourth-order valence-corrected chi connectivity index (χ4v) is 3.90. The molecular formula is C27H28N4O4. The molecule has 0 unspecified atom stereocenters. The minimum Gasteiger partial charge on any atom is -0.278 e. The maximum absolute atomic E-state index is 11.8. The first-order chi connectivity index (χ1) is 16.6. The van der Waals surface area contributed by atoms with Crippen LogP contribution in [-0.2, 0) is 32.0 Å². The molecule has 8 heteroatoms. The van der Waals surface area contributed by atoms with Gasteiger partial charge in [-0.2, -0.15) is 0 Å².